The average molecular weight is 425 g/mol. The van der Waals surface area contributed by atoms with Gasteiger partial charge in [-0.3, -0.25) is 4.79 Å². The average Bonchev–Trinajstić information content (AvgIpc) is 3.26. The van der Waals surface area contributed by atoms with Crippen LogP contribution in [0.4, 0.5) is 16.2 Å². The number of carbonyl (C=O) groups excluding carboxylic acids is 2. The molecule has 160 valence electrons. The number of para-hydroxylation sites is 1. The Bertz CT molecular complexity index is 1250. The van der Waals surface area contributed by atoms with E-state index < -0.39 is 0 Å². The van der Waals surface area contributed by atoms with E-state index in [-0.39, 0.29) is 11.9 Å². The highest BCUT2D eigenvalue weighted by Gasteiger charge is 2.20. The molecule has 7 nitrogen and oxygen atoms in total. The molecule has 32 heavy (non-hydrogen) atoms. The van der Waals surface area contributed by atoms with Crippen LogP contribution in [0.5, 0.6) is 0 Å². The zero-order valence-electron chi connectivity index (χ0n) is 17.8. The van der Waals surface area contributed by atoms with Gasteiger partial charge in [0.05, 0.1) is 11.3 Å². The van der Waals surface area contributed by atoms with Crippen LogP contribution in [0.15, 0.2) is 85.1 Å². The Morgan fingerprint density at radius 1 is 0.812 bits per heavy atom. The van der Waals surface area contributed by atoms with Crippen LogP contribution < -0.4 is 16.0 Å². The van der Waals surface area contributed by atoms with Crippen LogP contribution in [0.25, 0.3) is 16.9 Å². The van der Waals surface area contributed by atoms with E-state index in [1.54, 1.807) is 42.2 Å². The summed E-state index contributed by atoms with van der Waals surface area (Å²) < 4.78 is 1.72. The maximum Gasteiger partial charge on any atom is 0.318 e. The molecule has 3 N–H and O–H groups in total. The molecular weight excluding hydrogens is 402 g/mol. The van der Waals surface area contributed by atoms with Crippen LogP contribution in [-0.4, -0.2) is 28.8 Å². The third-order valence-corrected chi connectivity index (χ3v) is 5.01. The Kier molecular flexibility index (Phi) is 5.98. The van der Waals surface area contributed by atoms with Gasteiger partial charge >= 0.3 is 6.03 Å². The quantitative estimate of drug-likeness (QED) is 0.427. The summed E-state index contributed by atoms with van der Waals surface area (Å²) in [5.74, 6) is -0.266. The lowest BCUT2D eigenvalue weighted by Crippen LogP contribution is -2.24. The molecule has 0 bridgehead atoms. The molecule has 3 aromatic carbocycles. The summed E-state index contributed by atoms with van der Waals surface area (Å²) in [5, 5.41) is 12.8. The minimum Gasteiger partial charge on any atom is -0.341 e. The standard InChI is InChI=1S/C25H23N5O2/c1-17-8-6-7-11-21(17)23-22(16-30(29-23)20-9-4-3-5-10-20)24(31)27-18-12-14-19(15-13-18)28-25(32)26-2/h3-16H,1-2H3,(H,27,31)(H2,26,28,32). The van der Waals surface area contributed by atoms with Crippen LogP contribution in [0.3, 0.4) is 0 Å². The lowest BCUT2D eigenvalue weighted by molar-refractivity contribution is 0.102. The van der Waals surface area contributed by atoms with Gasteiger partial charge in [-0.05, 0) is 48.9 Å². The van der Waals surface area contributed by atoms with E-state index in [2.05, 4.69) is 16.0 Å². The van der Waals surface area contributed by atoms with Crippen molar-refractivity contribution in [2.75, 3.05) is 17.7 Å². The van der Waals surface area contributed by atoms with Crippen molar-refractivity contribution in [1.29, 1.82) is 0 Å². The fourth-order valence-corrected chi connectivity index (χ4v) is 3.32. The number of nitrogens with one attached hydrogen (secondary N) is 3. The molecule has 0 aliphatic carbocycles. The largest absolute Gasteiger partial charge is 0.341 e. The summed E-state index contributed by atoms with van der Waals surface area (Å²) in [6.45, 7) is 2.00. The Labute approximate surface area is 186 Å². The Morgan fingerprint density at radius 3 is 2.09 bits per heavy atom. The maximum atomic E-state index is 13.2. The summed E-state index contributed by atoms with van der Waals surface area (Å²) in [6, 6.07) is 24.1. The van der Waals surface area contributed by atoms with Crippen LogP contribution in [0.2, 0.25) is 0 Å². The van der Waals surface area contributed by atoms with E-state index in [0.717, 1.165) is 16.8 Å². The van der Waals surface area contributed by atoms with Crippen molar-refractivity contribution < 1.29 is 9.59 Å². The molecule has 0 fully saturated rings. The number of hydrogen-bond acceptors (Lipinski definition) is 3. The monoisotopic (exact) mass is 425 g/mol. The molecule has 0 aliphatic heterocycles. The fraction of sp³-hybridized carbons (Fsp3) is 0.0800. The molecule has 0 saturated carbocycles. The van der Waals surface area contributed by atoms with E-state index in [0.29, 0.717) is 22.6 Å². The molecule has 0 aliphatic rings. The van der Waals surface area contributed by atoms with E-state index in [1.807, 2.05) is 61.5 Å². The number of nitrogens with zero attached hydrogens (tertiary/aromatic N) is 2. The molecule has 1 aromatic heterocycles. The number of hydrogen-bond donors (Lipinski definition) is 3. The lowest BCUT2D eigenvalue weighted by atomic mass is 10.0. The summed E-state index contributed by atoms with van der Waals surface area (Å²) in [4.78, 5) is 24.7. The van der Waals surface area contributed by atoms with Crippen LogP contribution in [-0.2, 0) is 0 Å². The molecule has 0 spiro atoms. The Hall–Kier alpha value is -4.39. The van der Waals surface area contributed by atoms with Crippen molar-refractivity contribution >= 4 is 23.3 Å². The molecule has 4 aromatic rings. The van der Waals surface area contributed by atoms with Crippen molar-refractivity contribution in [1.82, 2.24) is 15.1 Å². The molecule has 0 radical (unpaired) electrons. The first-order valence-corrected chi connectivity index (χ1v) is 10.2. The third kappa shape index (κ3) is 4.52. The topological polar surface area (TPSA) is 88.0 Å². The lowest BCUT2D eigenvalue weighted by Gasteiger charge is -2.08. The van der Waals surface area contributed by atoms with E-state index in [4.69, 9.17) is 5.10 Å². The number of aromatic nitrogens is 2. The van der Waals surface area contributed by atoms with E-state index in [1.165, 1.54) is 0 Å². The zero-order valence-corrected chi connectivity index (χ0v) is 17.8. The van der Waals surface area contributed by atoms with Gasteiger partial charge in [0.25, 0.3) is 5.91 Å². The van der Waals surface area contributed by atoms with Crippen LogP contribution >= 0.6 is 0 Å². The van der Waals surface area contributed by atoms with Gasteiger partial charge in [-0.25, -0.2) is 9.48 Å². The molecule has 4 rings (SSSR count). The minimum absolute atomic E-state index is 0.266. The molecule has 0 saturated heterocycles. The van der Waals surface area contributed by atoms with E-state index >= 15 is 0 Å². The SMILES string of the molecule is CNC(=O)Nc1ccc(NC(=O)c2cn(-c3ccccc3)nc2-c2ccccc2C)cc1. The second kappa shape index (κ2) is 9.18. The van der Waals surface area contributed by atoms with E-state index in [9.17, 15) is 9.59 Å². The number of urea groups is 1. The van der Waals surface area contributed by atoms with Gasteiger partial charge in [-0.1, -0.05) is 42.5 Å². The minimum atomic E-state index is -0.307. The van der Waals surface area contributed by atoms with Crippen molar-refractivity contribution in [3.05, 3.63) is 96.2 Å². The molecule has 0 atom stereocenters. The number of anilines is 2. The summed E-state index contributed by atoms with van der Waals surface area (Å²) in [6.07, 6.45) is 1.74. The first-order chi connectivity index (χ1) is 15.5. The highest BCUT2D eigenvalue weighted by Crippen LogP contribution is 2.27. The second-order valence-corrected chi connectivity index (χ2v) is 7.22. The summed E-state index contributed by atoms with van der Waals surface area (Å²) >= 11 is 0. The van der Waals surface area contributed by atoms with Crippen molar-refractivity contribution in [3.8, 4) is 16.9 Å². The molecule has 3 amide bonds. The highest BCUT2D eigenvalue weighted by atomic mass is 16.2. The van der Waals surface area contributed by atoms with Crippen LogP contribution in [0, 0.1) is 6.92 Å². The number of benzene rings is 3. The van der Waals surface area contributed by atoms with Crippen molar-refractivity contribution in [3.63, 3.8) is 0 Å². The zero-order chi connectivity index (χ0) is 22.5. The normalized spacial score (nSPS) is 10.4. The first-order valence-electron chi connectivity index (χ1n) is 10.2. The second-order valence-electron chi connectivity index (χ2n) is 7.22. The van der Waals surface area contributed by atoms with Gasteiger partial charge in [0.15, 0.2) is 0 Å². The predicted molar refractivity (Wildman–Crippen MR) is 126 cm³/mol. The van der Waals surface area contributed by atoms with Gasteiger partial charge in [-0.15, -0.1) is 0 Å². The molecule has 1 heterocycles. The Balaban J connectivity index is 1.66. The van der Waals surface area contributed by atoms with Crippen molar-refractivity contribution in [2.45, 2.75) is 6.92 Å². The van der Waals surface area contributed by atoms with Gasteiger partial charge in [0, 0.05) is 30.2 Å². The number of rotatable bonds is 5. The fourth-order valence-electron chi connectivity index (χ4n) is 3.32. The van der Waals surface area contributed by atoms with Gasteiger partial charge in [0.1, 0.15) is 5.69 Å². The molecule has 7 heteroatoms. The highest BCUT2D eigenvalue weighted by molar-refractivity contribution is 6.08. The van der Waals surface area contributed by atoms with Gasteiger partial charge in [-0.2, -0.15) is 5.10 Å². The third-order valence-electron chi connectivity index (χ3n) is 5.01. The number of carbonyl (C=O) groups is 2. The number of amides is 3. The van der Waals surface area contributed by atoms with Crippen molar-refractivity contribution in [2.24, 2.45) is 0 Å². The smallest absolute Gasteiger partial charge is 0.318 e. The summed E-state index contributed by atoms with van der Waals surface area (Å²) in [7, 11) is 1.55. The van der Waals surface area contributed by atoms with Crippen LogP contribution in [0.1, 0.15) is 15.9 Å². The summed E-state index contributed by atoms with van der Waals surface area (Å²) in [5.41, 5.74) is 5.12. The Morgan fingerprint density at radius 2 is 1.44 bits per heavy atom. The molecular formula is C25H23N5O2. The maximum absolute atomic E-state index is 13.2. The first kappa shape index (κ1) is 20.9. The molecule has 0 unspecified atom stereocenters. The van der Waals surface area contributed by atoms with Gasteiger partial charge < -0.3 is 16.0 Å². The predicted octanol–water partition coefficient (Wildman–Crippen LogP) is 4.85. The number of aryl methyl sites for hydroxylation is 1. The van der Waals surface area contributed by atoms with Gasteiger partial charge in [0.2, 0.25) is 0 Å².